The maximum absolute atomic E-state index is 13.2. The summed E-state index contributed by atoms with van der Waals surface area (Å²) in [5.74, 6) is -0.302. The molecule has 3 heterocycles. The highest BCUT2D eigenvalue weighted by Gasteiger charge is 2.13. The maximum atomic E-state index is 13.2. The summed E-state index contributed by atoms with van der Waals surface area (Å²) in [4.78, 5) is 20.9. The Morgan fingerprint density at radius 2 is 1.90 bits per heavy atom. The number of amides is 1. The summed E-state index contributed by atoms with van der Waals surface area (Å²) in [5.41, 5.74) is 3.76. The Hall–Kier alpha value is -3.54. The molecule has 0 unspecified atom stereocenters. The number of aryl methyl sites for hydroxylation is 1. The molecule has 1 aromatic carbocycles. The van der Waals surface area contributed by atoms with Crippen molar-refractivity contribution in [2.24, 2.45) is 0 Å². The summed E-state index contributed by atoms with van der Waals surface area (Å²) >= 11 is 0. The average molecular weight is 388 g/mol. The maximum Gasteiger partial charge on any atom is 0.221 e. The van der Waals surface area contributed by atoms with Gasteiger partial charge in [0.15, 0.2) is 0 Å². The summed E-state index contributed by atoms with van der Waals surface area (Å²) in [7, 11) is 0. The molecule has 0 bridgehead atoms. The van der Waals surface area contributed by atoms with Gasteiger partial charge in [0, 0.05) is 49.1 Å². The lowest BCUT2D eigenvalue weighted by Gasteiger charge is -2.11. The van der Waals surface area contributed by atoms with Crippen LogP contribution in [-0.4, -0.2) is 27.0 Å². The number of nitrogens with zero attached hydrogens (tertiary/aromatic N) is 3. The molecular weight excluding hydrogens is 367 g/mol. The first-order valence-electron chi connectivity index (χ1n) is 9.56. The number of aromatic nitrogens is 3. The quantitative estimate of drug-likeness (QED) is 0.521. The van der Waals surface area contributed by atoms with Crippen molar-refractivity contribution in [3.05, 3.63) is 84.6 Å². The SMILES string of the molecule is O=C(CCn1c(-c2ccncc2)cc2cccnc21)NCCc1cccc(F)c1. The van der Waals surface area contributed by atoms with Crippen LogP contribution in [0.4, 0.5) is 4.39 Å². The van der Waals surface area contributed by atoms with Crippen molar-refractivity contribution in [3.8, 4) is 11.3 Å². The normalized spacial score (nSPS) is 10.9. The monoisotopic (exact) mass is 388 g/mol. The van der Waals surface area contributed by atoms with Crippen LogP contribution in [0.3, 0.4) is 0 Å². The van der Waals surface area contributed by atoms with E-state index in [0.717, 1.165) is 27.9 Å². The van der Waals surface area contributed by atoms with Gasteiger partial charge in [-0.3, -0.25) is 9.78 Å². The van der Waals surface area contributed by atoms with Crippen LogP contribution in [0, 0.1) is 5.82 Å². The van der Waals surface area contributed by atoms with Gasteiger partial charge < -0.3 is 9.88 Å². The van der Waals surface area contributed by atoms with Gasteiger partial charge >= 0.3 is 0 Å². The van der Waals surface area contributed by atoms with Crippen LogP contribution >= 0.6 is 0 Å². The Labute approximate surface area is 168 Å². The van der Waals surface area contributed by atoms with E-state index in [-0.39, 0.29) is 11.7 Å². The van der Waals surface area contributed by atoms with Gasteiger partial charge in [-0.15, -0.1) is 0 Å². The molecule has 0 spiro atoms. The van der Waals surface area contributed by atoms with Crippen molar-refractivity contribution < 1.29 is 9.18 Å². The van der Waals surface area contributed by atoms with Crippen LogP contribution in [0.5, 0.6) is 0 Å². The van der Waals surface area contributed by atoms with Crippen LogP contribution < -0.4 is 5.32 Å². The van der Waals surface area contributed by atoms with Crippen molar-refractivity contribution >= 4 is 16.9 Å². The molecule has 0 aliphatic rings. The van der Waals surface area contributed by atoms with Gasteiger partial charge in [0.1, 0.15) is 11.5 Å². The van der Waals surface area contributed by atoms with E-state index in [1.165, 1.54) is 12.1 Å². The molecule has 4 rings (SSSR count). The number of rotatable bonds is 7. The minimum Gasteiger partial charge on any atom is -0.356 e. The third-order valence-corrected chi connectivity index (χ3v) is 4.82. The van der Waals surface area contributed by atoms with Gasteiger partial charge in [-0.2, -0.15) is 0 Å². The number of fused-ring (bicyclic) bond motifs is 1. The molecule has 6 heteroatoms. The average Bonchev–Trinajstić information content (AvgIpc) is 3.12. The fourth-order valence-electron chi connectivity index (χ4n) is 3.42. The van der Waals surface area contributed by atoms with E-state index >= 15 is 0 Å². The molecule has 0 aliphatic carbocycles. The van der Waals surface area contributed by atoms with Gasteiger partial charge in [-0.25, -0.2) is 9.37 Å². The Bertz CT molecular complexity index is 1120. The van der Waals surface area contributed by atoms with Crippen molar-refractivity contribution in [2.75, 3.05) is 6.54 Å². The number of hydrogen-bond donors (Lipinski definition) is 1. The van der Waals surface area contributed by atoms with Gasteiger partial charge in [0.05, 0.1) is 5.69 Å². The first kappa shape index (κ1) is 18.8. The molecule has 0 radical (unpaired) electrons. The molecule has 146 valence electrons. The summed E-state index contributed by atoms with van der Waals surface area (Å²) in [5, 5.41) is 3.95. The first-order chi connectivity index (χ1) is 14.2. The second-order valence-corrected chi connectivity index (χ2v) is 6.81. The van der Waals surface area contributed by atoms with Gasteiger partial charge in [-0.1, -0.05) is 12.1 Å². The smallest absolute Gasteiger partial charge is 0.221 e. The van der Waals surface area contributed by atoms with Crippen molar-refractivity contribution in [1.29, 1.82) is 0 Å². The molecule has 1 amide bonds. The number of carbonyl (C=O) groups is 1. The number of pyridine rings is 2. The highest BCUT2D eigenvalue weighted by Crippen LogP contribution is 2.27. The topological polar surface area (TPSA) is 59.8 Å². The molecule has 0 saturated heterocycles. The van der Waals surface area contributed by atoms with Gasteiger partial charge in [0.2, 0.25) is 5.91 Å². The molecule has 1 N–H and O–H groups in total. The van der Waals surface area contributed by atoms with Crippen LogP contribution in [0.2, 0.25) is 0 Å². The number of halogens is 1. The number of carbonyl (C=O) groups excluding carboxylic acids is 1. The molecular formula is C23H21FN4O. The van der Waals surface area contributed by atoms with Crippen LogP contribution in [-0.2, 0) is 17.8 Å². The van der Waals surface area contributed by atoms with E-state index in [9.17, 15) is 9.18 Å². The second kappa shape index (κ2) is 8.65. The Kier molecular flexibility index (Phi) is 5.61. The van der Waals surface area contributed by atoms with E-state index in [1.807, 2.05) is 30.3 Å². The molecule has 3 aromatic heterocycles. The lowest BCUT2D eigenvalue weighted by atomic mass is 10.1. The van der Waals surface area contributed by atoms with E-state index < -0.39 is 0 Å². The Morgan fingerprint density at radius 1 is 1.03 bits per heavy atom. The van der Waals surface area contributed by atoms with E-state index in [0.29, 0.717) is 25.9 Å². The minimum atomic E-state index is -0.260. The fourth-order valence-corrected chi connectivity index (χ4v) is 3.42. The van der Waals surface area contributed by atoms with E-state index in [2.05, 4.69) is 25.9 Å². The van der Waals surface area contributed by atoms with E-state index in [4.69, 9.17) is 0 Å². The van der Waals surface area contributed by atoms with Crippen molar-refractivity contribution in [2.45, 2.75) is 19.4 Å². The lowest BCUT2D eigenvalue weighted by Crippen LogP contribution is -2.26. The molecule has 4 aromatic rings. The third-order valence-electron chi connectivity index (χ3n) is 4.82. The summed E-state index contributed by atoms with van der Waals surface area (Å²) in [6.07, 6.45) is 6.20. The zero-order valence-corrected chi connectivity index (χ0v) is 15.9. The molecule has 0 saturated carbocycles. The standard InChI is InChI=1S/C23H21FN4O/c24-20-5-1-3-17(15-20)6-13-26-22(29)9-14-28-21(18-7-11-25-12-8-18)16-19-4-2-10-27-23(19)28/h1-5,7-8,10-12,15-16H,6,9,13-14H2,(H,26,29). The number of benzene rings is 1. The molecule has 29 heavy (non-hydrogen) atoms. The predicted octanol–water partition coefficient (Wildman–Crippen LogP) is 3.99. The zero-order valence-electron chi connectivity index (χ0n) is 15.9. The van der Waals surface area contributed by atoms with Crippen LogP contribution in [0.25, 0.3) is 22.3 Å². The summed E-state index contributed by atoms with van der Waals surface area (Å²) < 4.78 is 15.3. The van der Waals surface area contributed by atoms with Crippen molar-refractivity contribution in [3.63, 3.8) is 0 Å². The Morgan fingerprint density at radius 3 is 2.72 bits per heavy atom. The third kappa shape index (κ3) is 4.48. The van der Waals surface area contributed by atoms with E-state index in [1.54, 1.807) is 24.7 Å². The van der Waals surface area contributed by atoms with Crippen LogP contribution in [0.1, 0.15) is 12.0 Å². The zero-order chi connectivity index (χ0) is 20.1. The molecule has 0 fully saturated rings. The largest absolute Gasteiger partial charge is 0.356 e. The molecule has 5 nitrogen and oxygen atoms in total. The minimum absolute atomic E-state index is 0.0418. The highest BCUT2D eigenvalue weighted by molar-refractivity contribution is 5.84. The van der Waals surface area contributed by atoms with Gasteiger partial charge in [0.25, 0.3) is 0 Å². The number of nitrogens with one attached hydrogen (secondary N) is 1. The highest BCUT2D eigenvalue weighted by atomic mass is 19.1. The lowest BCUT2D eigenvalue weighted by molar-refractivity contribution is -0.121. The summed E-state index contributed by atoms with van der Waals surface area (Å²) in [6.45, 7) is 0.994. The summed E-state index contributed by atoms with van der Waals surface area (Å²) in [6, 6.07) is 16.3. The molecule has 0 aliphatic heterocycles. The number of hydrogen-bond acceptors (Lipinski definition) is 3. The predicted molar refractivity (Wildman–Crippen MR) is 111 cm³/mol. The van der Waals surface area contributed by atoms with Gasteiger partial charge in [-0.05, 0) is 54.4 Å². The molecule has 0 atom stereocenters. The van der Waals surface area contributed by atoms with Crippen LogP contribution in [0.15, 0.2) is 73.2 Å². The van der Waals surface area contributed by atoms with Crippen molar-refractivity contribution in [1.82, 2.24) is 19.9 Å². The fraction of sp³-hybridized carbons (Fsp3) is 0.174. The Balaban J connectivity index is 1.43. The first-order valence-corrected chi connectivity index (χ1v) is 9.56. The second-order valence-electron chi connectivity index (χ2n) is 6.81.